The lowest BCUT2D eigenvalue weighted by Crippen LogP contribution is -1.99. The van der Waals surface area contributed by atoms with Crippen LogP contribution in [0.15, 0.2) is 0 Å². The first-order chi connectivity index (χ1) is 6.16. The van der Waals surface area contributed by atoms with Crippen molar-refractivity contribution in [1.29, 1.82) is 0 Å². The number of esters is 1. The van der Waals surface area contributed by atoms with E-state index in [1.807, 2.05) is 0 Å². The molecule has 1 atom stereocenters. The summed E-state index contributed by atoms with van der Waals surface area (Å²) in [5.41, 5.74) is 0. The molecule has 78 valence electrons. The molecule has 3 nitrogen and oxygen atoms in total. The van der Waals surface area contributed by atoms with Gasteiger partial charge in [-0.2, -0.15) is 0 Å². The van der Waals surface area contributed by atoms with E-state index in [-0.39, 0.29) is 5.97 Å². The first-order valence-electron chi connectivity index (χ1n) is 4.53. The summed E-state index contributed by atoms with van der Waals surface area (Å²) in [6, 6.07) is 0. The Morgan fingerprint density at radius 2 is 1.85 bits per heavy atom. The molecular weight excluding hydrogens is 188 g/mol. The second kappa shape index (κ2) is 8.23. The Bertz CT molecular complexity index is 168. The van der Waals surface area contributed by atoms with Gasteiger partial charge in [-0.15, -0.1) is 0 Å². The molecule has 0 radical (unpaired) electrons. The number of hydrogen-bond donors (Lipinski definition) is 0. The molecule has 0 aromatic carbocycles. The Balaban J connectivity index is 3.08. The molecule has 1 unspecified atom stereocenters. The average Bonchev–Trinajstić information content (AvgIpc) is 2.10. The van der Waals surface area contributed by atoms with E-state index in [0.717, 1.165) is 31.4 Å². The fourth-order valence-electron chi connectivity index (χ4n) is 1.03. The molecule has 0 aliphatic rings. The largest absolute Gasteiger partial charge is 0.469 e. The van der Waals surface area contributed by atoms with Gasteiger partial charge in [0, 0.05) is 29.2 Å². The van der Waals surface area contributed by atoms with Gasteiger partial charge >= 0.3 is 5.97 Å². The van der Waals surface area contributed by atoms with Gasteiger partial charge < -0.3 is 4.74 Å². The van der Waals surface area contributed by atoms with Gasteiger partial charge in [0.05, 0.1) is 7.11 Å². The van der Waals surface area contributed by atoms with Crippen molar-refractivity contribution in [2.75, 3.05) is 19.1 Å². The number of methoxy groups -OCH3 is 1. The van der Waals surface area contributed by atoms with Crippen molar-refractivity contribution in [3.8, 4) is 0 Å². The molecular formula is C9H18O3S. The summed E-state index contributed by atoms with van der Waals surface area (Å²) < 4.78 is 15.2. The highest BCUT2D eigenvalue weighted by Gasteiger charge is 1.99. The third-order valence-electron chi connectivity index (χ3n) is 1.79. The van der Waals surface area contributed by atoms with Crippen molar-refractivity contribution in [3.05, 3.63) is 0 Å². The molecule has 4 heteroatoms. The Morgan fingerprint density at radius 3 is 2.38 bits per heavy atom. The summed E-state index contributed by atoms with van der Waals surface area (Å²) in [6.45, 7) is 0. The van der Waals surface area contributed by atoms with Crippen molar-refractivity contribution >= 4 is 16.8 Å². The Labute approximate surface area is 82.3 Å². The van der Waals surface area contributed by atoms with Crippen molar-refractivity contribution < 1.29 is 13.7 Å². The van der Waals surface area contributed by atoms with E-state index < -0.39 is 10.8 Å². The number of rotatable bonds is 7. The number of unbranched alkanes of at least 4 members (excludes halogenated alkanes) is 3. The predicted molar refractivity (Wildman–Crippen MR) is 54.0 cm³/mol. The number of carbonyl (C=O) groups excluding carboxylic acids is 1. The molecule has 0 bridgehead atoms. The SMILES string of the molecule is COC(=O)CCCCCCS(C)=O. The van der Waals surface area contributed by atoms with Crippen LogP contribution in [0.4, 0.5) is 0 Å². The molecule has 0 heterocycles. The number of hydrogen-bond acceptors (Lipinski definition) is 3. The highest BCUT2D eigenvalue weighted by molar-refractivity contribution is 7.84. The van der Waals surface area contributed by atoms with E-state index in [4.69, 9.17) is 0 Å². The molecule has 0 amide bonds. The summed E-state index contributed by atoms with van der Waals surface area (Å²) in [7, 11) is 0.732. The van der Waals surface area contributed by atoms with Crippen LogP contribution in [0.3, 0.4) is 0 Å². The standard InChI is InChI=1S/C9H18O3S/c1-12-9(10)7-5-3-4-6-8-13(2)11/h3-8H2,1-2H3. The fraction of sp³-hybridized carbons (Fsp3) is 0.889. The van der Waals surface area contributed by atoms with Crippen molar-refractivity contribution in [2.24, 2.45) is 0 Å². The van der Waals surface area contributed by atoms with Crippen LogP contribution in [-0.4, -0.2) is 29.3 Å². The molecule has 0 spiro atoms. The predicted octanol–water partition coefficient (Wildman–Crippen LogP) is 1.49. The molecule has 13 heavy (non-hydrogen) atoms. The van der Waals surface area contributed by atoms with Crippen LogP contribution < -0.4 is 0 Å². The summed E-state index contributed by atoms with van der Waals surface area (Å²) in [6.07, 6.45) is 6.16. The summed E-state index contributed by atoms with van der Waals surface area (Å²) in [5, 5.41) is 0. The van der Waals surface area contributed by atoms with Gasteiger partial charge in [-0.05, 0) is 12.8 Å². The van der Waals surface area contributed by atoms with Crippen LogP contribution in [0.1, 0.15) is 32.1 Å². The van der Waals surface area contributed by atoms with Crippen LogP contribution in [0.5, 0.6) is 0 Å². The normalized spacial score (nSPS) is 12.5. The maximum Gasteiger partial charge on any atom is 0.305 e. The molecule has 0 saturated carbocycles. The van der Waals surface area contributed by atoms with Crippen LogP contribution in [0.2, 0.25) is 0 Å². The van der Waals surface area contributed by atoms with Crippen molar-refractivity contribution in [3.63, 3.8) is 0 Å². The molecule has 0 rings (SSSR count). The van der Waals surface area contributed by atoms with Crippen LogP contribution in [0, 0.1) is 0 Å². The lowest BCUT2D eigenvalue weighted by atomic mass is 10.1. The van der Waals surface area contributed by atoms with Gasteiger partial charge in [0.25, 0.3) is 0 Å². The molecule has 0 aliphatic carbocycles. The fourth-order valence-corrected chi connectivity index (χ4v) is 1.64. The third kappa shape index (κ3) is 9.53. The first kappa shape index (κ1) is 12.6. The van der Waals surface area contributed by atoms with Gasteiger partial charge in [0.1, 0.15) is 0 Å². The summed E-state index contributed by atoms with van der Waals surface area (Å²) >= 11 is 0. The topological polar surface area (TPSA) is 43.4 Å². The smallest absolute Gasteiger partial charge is 0.305 e. The van der Waals surface area contributed by atoms with E-state index >= 15 is 0 Å². The minimum Gasteiger partial charge on any atom is -0.469 e. The van der Waals surface area contributed by atoms with E-state index in [1.54, 1.807) is 6.26 Å². The monoisotopic (exact) mass is 206 g/mol. The van der Waals surface area contributed by atoms with Crippen molar-refractivity contribution in [1.82, 2.24) is 0 Å². The summed E-state index contributed by atoms with van der Waals surface area (Å²) in [4.78, 5) is 10.7. The van der Waals surface area contributed by atoms with E-state index in [2.05, 4.69) is 4.74 Å². The second-order valence-electron chi connectivity index (χ2n) is 3.02. The van der Waals surface area contributed by atoms with Crippen molar-refractivity contribution in [2.45, 2.75) is 32.1 Å². The van der Waals surface area contributed by atoms with Gasteiger partial charge in [0.15, 0.2) is 0 Å². The van der Waals surface area contributed by atoms with Gasteiger partial charge in [0.2, 0.25) is 0 Å². The minimum atomic E-state index is -0.673. The molecule has 0 aromatic heterocycles. The average molecular weight is 206 g/mol. The zero-order valence-corrected chi connectivity index (χ0v) is 9.19. The lowest BCUT2D eigenvalue weighted by molar-refractivity contribution is -0.140. The number of ether oxygens (including phenoxy) is 1. The van der Waals surface area contributed by atoms with E-state index in [9.17, 15) is 9.00 Å². The van der Waals surface area contributed by atoms with Crippen LogP contribution in [-0.2, 0) is 20.3 Å². The zero-order valence-electron chi connectivity index (χ0n) is 8.38. The Morgan fingerprint density at radius 1 is 1.23 bits per heavy atom. The van der Waals surface area contributed by atoms with E-state index in [1.165, 1.54) is 7.11 Å². The number of carbonyl (C=O) groups is 1. The van der Waals surface area contributed by atoms with Crippen LogP contribution >= 0.6 is 0 Å². The molecule has 0 saturated heterocycles. The third-order valence-corrected chi connectivity index (χ3v) is 2.65. The molecule has 0 N–H and O–H groups in total. The quantitative estimate of drug-likeness (QED) is 0.468. The Kier molecular flexibility index (Phi) is 7.99. The first-order valence-corrected chi connectivity index (χ1v) is 6.26. The maximum absolute atomic E-state index is 10.7. The van der Waals surface area contributed by atoms with Gasteiger partial charge in [-0.1, -0.05) is 12.8 Å². The van der Waals surface area contributed by atoms with Gasteiger partial charge in [-0.3, -0.25) is 9.00 Å². The molecule has 0 aromatic rings. The maximum atomic E-state index is 10.7. The zero-order chi connectivity index (χ0) is 10.1. The van der Waals surface area contributed by atoms with Crippen LogP contribution in [0.25, 0.3) is 0 Å². The highest BCUT2D eigenvalue weighted by atomic mass is 32.2. The molecule has 0 aliphatic heterocycles. The highest BCUT2D eigenvalue weighted by Crippen LogP contribution is 2.04. The molecule has 0 fully saturated rings. The van der Waals surface area contributed by atoms with E-state index in [0.29, 0.717) is 6.42 Å². The second-order valence-corrected chi connectivity index (χ2v) is 4.57. The lowest BCUT2D eigenvalue weighted by Gasteiger charge is -1.99. The minimum absolute atomic E-state index is 0.140. The van der Waals surface area contributed by atoms with Gasteiger partial charge in [-0.25, -0.2) is 0 Å². The Hall–Kier alpha value is -0.380. The summed E-state index contributed by atoms with van der Waals surface area (Å²) in [5.74, 6) is 0.636.